The van der Waals surface area contributed by atoms with E-state index < -0.39 is 10.1 Å². The second kappa shape index (κ2) is 5.98. The van der Waals surface area contributed by atoms with Crippen LogP contribution in [-0.4, -0.2) is 43.1 Å². The molecular weight excluding hydrogens is 206 g/mol. The van der Waals surface area contributed by atoms with Gasteiger partial charge in [0.25, 0.3) is 10.1 Å². The predicted molar refractivity (Wildman–Crippen MR) is 53.6 cm³/mol. The summed E-state index contributed by atoms with van der Waals surface area (Å²) in [4.78, 5) is 12.6. The number of carbonyl (C=O) groups excluding carboxylic acids is 1. The van der Waals surface area contributed by atoms with Crippen molar-refractivity contribution >= 4 is 16.0 Å². The predicted octanol–water partition coefficient (Wildman–Crippen LogP) is 0.523. The van der Waals surface area contributed by atoms with E-state index in [9.17, 15) is 13.2 Å². The zero-order chi connectivity index (χ0) is 11.2. The quantitative estimate of drug-likeness (QED) is 0.608. The highest BCUT2D eigenvalue weighted by Crippen LogP contribution is 2.07. The van der Waals surface area contributed by atoms with Crippen LogP contribution in [0.25, 0.3) is 0 Å². The van der Waals surface area contributed by atoms with E-state index in [2.05, 4.69) is 0 Å². The van der Waals surface area contributed by atoms with Gasteiger partial charge in [-0.25, -0.2) is 0 Å². The van der Waals surface area contributed by atoms with Gasteiger partial charge in [0, 0.05) is 20.0 Å². The lowest BCUT2D eigenvalue weighted by atomic mass is 10.1. The van der Waals surface area contributed by atoms with Crippen LogP contribution in [0.1, 0.15) is 26.2 Å². The summed E-state index contributed by atoms with van der Waals surface area (Å²) in [5.41, 5.74) is 0. The van der Waals surface area contributed by atoms with E-state index >= 15 is 0 Å². The van der Waals surface area contributed by atoms with Gasteiger partial charge in [0.15, 0.2) is 0 Å². The first kappa shape index (κ1) is 13.4. The Morgan fingerprint density at radius 3 is 1.79 bits per heavy atom. The number of likely N-dealkylation sites (tertiary alicyclic amines) is 1. The third-order valence-electron chi connectivity index (χ3n) is 1.80. The largest absolute Gasteiger partial charge is 0.343 e. The van der Waals surface area contributed by atoms with E-state index in [0.29, 0.717) is 6.26 Å². The Labute approximate surface area is 84.8 Å². The van der Waals surface area contributed by atoms with Gasteiger partial charge in [-0.1, -0.05) is 0 Å². The van der Waals surface area contributed by atoms with Crippen molar-refractivity contribution in [3.8, 4) is 0 Å². The smallest absolute Gasteiger partial charge is 0.261 e. The van der Waals surface area contributed by atoms with Crippen LogP contribution in [0, 0.1) is 0 Å². The normalized spacial score (nSPS) is 16.9. The van der Waals surface area contributed by atoms with Crippen LogP contribution in [0.15, 0.2) is 0 Å². The van der Waals surface area contributed by atoms with Crippen molar-refractivity contribution in [1.29, 1.82) is 0 Å². The van der Waals surface area contributed by atoms with Crippen LogP contribution >= 0.6 is 0 Å². The van der Waals surface area contributed by atoms with Gasteiger partial charge >= 0.3 is 0 Å². The molecule has 1 saturated heterocycles. The Kier molecular flexibility index (Phi) is 5.71. The summed E-state index contributed by atoms with van der Waals surface area (Å²) in [6, 6.07) is 0. The third-order valence-corrected chi connectivity index (χ3v) is 1.80. The molecule has 1 aliphatic rings. The maximum absolute atomic E-state index is 10.7. The van der Waals surface area contributed by atoms with Crippen LogP contribution < -0.4 is 0 Å². The van der Waals surface area contributed by atoms with Crippen LogP contribution in [0.4, 0.5) is 0 Å². The maximum atomic E-state index is 10.7. The summed E-state index contributed by atoms with van der Waals surface area (Å²) < 4.78 is 25.9. The van der Waals surface area contributed by atoms with Gasteiger partial charge in [-0.15, -0.1) is 0 Å². The number of rotatable bonds is 0. The molecule has 0 bridgehead atoms. The zero-order valence-corrected chi connectivity index (χ0v) is 9.38. The summed E-state index contributed by atoms with van der Waals surface area (Å²) in [7, 11) is -3.67. The summed E-state index contributed by atoms with van der Waals surface area (Å²) in [5, 5.41) is 0. The van der Waals surface area contributed by atoms with Gasteiger partial charge in [-0.05, 0) is 19.3 Å². The van der Waals surface area contributed by atoms with E-state index in [1.54, 1.807) is 6.92 Å². The standard InChI is InChI=1S/C7H13NO.CH4O3S/c1-7(9)8-5-3-2-4-6-8;1-5(2,3)4/h2-6H2,1H3;1H3,(H,2,3,4). The maximum Gasteiger partial charge on any atom is 0.261 e. The lowest BCUT2D eigenvalue weighted by Gasteiger charge is -2.24. The second-order valence-electron chi connectivity index (χ2n) is 3.30. The fourth-order valence-corrected chi connectivity index (χ4v) is 1.21. The summed E-state index contributed by atoms with van der Waals surface area (Å²) >= 11 is 0. The molecule has 0 spiro atoms. The zero-order valence-electron chi connectivity index (χ0n) is 8.56. The molecule has 1 aliphatic heterocycles. The topological polar surface area (TPSA) is 74.7 Å². The average molecular weight is 223 g/mol. The molecule has 1 rings (SSSR count). The third kappa shape index (κ3) is 9.47. The number of hydrogen-bond donors (Lipinski definition) is 1. The van der Waals surface area contributed by atoms with Crippen LogP contribution in [0.3, 0.4) is 0 Å². The molecule has 0 saturated carbocycles. The molecule has 1 amide bonds. The van der Waals surface area contributed by atoms with Crippen molar-refractivity contribution in [3.05, 3.63) is 0 Å². The first-order valence-corrected chi connectivity index (χ1v) is 6.33. The highest BCUT2D eigenvalue weighted by atomic mass is 32.2. The Morgan fingerprint density at radius 2 is 1.57 bits per heavy atom. The van der Waals surface area contributed by atoms with E-state index in [1.807, 2.05) is 4.90 Å². The van der Waals surface area contributed by atoms with Gasteiger partial charge in [0.05, 0.1) is 6.26 Å². The summed E-state index contributed by atoms with van der Waals surface area (Å²) in [5.74, 6) is 0.231. The van der Waals surface area contributed by atoms with Crippen LogP contribution in [0.2, 0.25) is 0 Å². The van der Waals surface area contributed by atoms with Gasteiger partial charge in [0.1, 0.15) is 0 Å². The van der Waals surface area contributed by atoms with E-state index in [0.717, 1.165) is 13.1 Å². The lowest BCUT2D eigenvalue weighted by molar-refractivity contribution is -0.129. The van der Waals surface area contributed by atoms with Crippen molar-refractivity contribution in [2.75, 3.05) is 19.3 Å². The minimum Gasteiger partial charge on any atom is -0.343 e. The highest BCUT2D eigenvalue weighted by molar-refractivity contribution is 7.85. The minimum absolute atomic E-state index is 0.231. The fourth-order valence-electron chi connectivity index (χ4n) is 1.21. The van der Waals surface area contributed by atoms with Crippen LogP contribution in [-0.2, 0) is 14.9 Å². The van der Waals surface area contributed by atoms with Crippen molar-refractivity contribution in [2.24, 2.45) is 0 Å². The van der Waals surface area contributed by atoms with Crippen molar-refractivity contribution in [3.63, 3.8) is 0 Å². The fraction of sp³-hybridized carbons (Fsp3) is 0.875. The van der Waals surface area contributed by atoms with Gasteiger partial charge < -0.3 is 4.90 Å². The monoisotopic (exact) mass is 223 g/mol. The van der Waals surface area contributed by atoms with Crippen molar-refractivity contribution in [2.45, 2.75) is 26.2 Å². The van der Waals surface area contributed by atoms with Crippen LogP contribution in [0.5, 0.6) is 0 Å². The SMILES string of the molecule is CC(=O)N1CCCCC1.CS(=O)(=O)O. The molecule has 5 nitrogen and oxygen atoms in total. The molecule has 0 unspecified atom stereocenters. The van der Waals surface area contributed by atoms with Gasteiger partial charge in [0.2, 0.25) is 5.91 Å². The molecule has 0 aliphatic carbocycles. The van der Waals surface area contributed by atoms with Gasteiger partial charge in [-0.3, -0.25) is 9.35 Å². The van der Waals surface area contributed by atoms with Gasteiger partial charge in [-0.2, -0.15) is 8.42 Å². The molecule has 1 N–H and O–H groups in total. The molecule has 0 radical (unpaired) electrons. The first-order chi connectivity index (χ1) is 6.30. The molecule has 14 heavy (non-hydrogen) atoms. The number of hydrogen-bond acceptors (Lipinski definition) is 3. The number of piperidine rings is 1. The molecule has 1 heterocycles. The average Bonchev–Trinajstić information content (AvgIpc) is 2.03. The Morgan fingerprint density at radius 1 is 1.21 bits per heavy atom. The summed E-state index contributed by atoms with van der Waals surface area (Å²) in [6.07, 6.45) is 4.40. The molecule has 0 atom stereocenters. The molecule has 84 valence electrons. The molecule has 0 aromatic heterocycles. The Balaban J connectivity index is 0.000000292. The molecule has 0 aromatic carbocycles. The Hall–Kier alpha value is -0.620. The number of nitrogens with zero attached hydrogens (tertiary/aromatic N) is 1. The molecule has 1 fully saturated rings. The van der Waals surface area contributed by atoms with Crippen molar-refractivity contribution in [1.82, 2.24) is 4.90 Å². The van der Waals surface area contributed by atoms with Crippen molar-refractivity contribution < 1.29 is 17.8 Å². The lowest BCUT2D eigenvalue weighted by Crippen LogP contribution is -2.33. The number of carbonyl (C=O) groups is 1. The molecular formula is C8H17NO4S. The second-order valence-corrected chi connectivity index (χ2v) is 4.77. The van der Waals surface area contributed by atoms with E-state index in [1.165, 1.54) is 19.3 Å². The highest BCUT2D eigenvalue weighted by Gasteiger charge is 2.10. The number of amides is 1. The molecule has 0 aromatic rings. The minimum atomic E-state index is -3.67. The Bertz CT molecular complexity index is 259. The summed E-state index contributed by atoms with van der Waals surface area (Å²) in [6.45, 7) is 3.61. The van der Waals surface area contributed by atoms with E-state index in [4.69, 9.17) is 4.55 Å². The first-order valence-electron chi connectivity index (χ1n) is 4.48. The molecule has 6 heteroatoms. The van der Waals surface area contributed by atoms with E-state index in [-0.39, 0.29) is 5.91 Å².